The van der Waals surface area contributed by atoms with Crippen LogP contribution in [0.2, 0.25) is 0 Å². The number of carbonyl (C=O) groups is 2. The minimum Gasteiger partial charge on any atom is -0.480 e. The van der Waals surface area contributed by atoms with Crippen LogP contribution in [0.3, 0.4) is 0 Å². The summed E-state index contributed by atoms with van der Waals surface area (Å²) in [4.78, 5) is 22.2. The lowest BCUT2D eigenvalue weighted by molar-refractivity contribution is -0.141. The molecule has 17 heavy (non-hydrogen) atoms. The quantitative estimate of drug-likeness (QED) is 0.892. The molecule has 5 heteroatoms. The van der Waals surface area contributed by atoms with Crippen molar-refractivity contribution < 1.29 is 14.7 Å². The van der Waals surface area contributed by atoms with E-state index in [1.54, 1.807) is 0 Å². The summed E-state index contributed by atoms with van der Waals surface area (Å²) in [6, 6.07) is 4.73. The average molecular weight is 300 g/mol. The summed E-state index contributed by atoms with van der Waals surface area (Å²) in [6.45, 7) is 3.35. The molecule has 1 aromatic rings. The molecule has 2 N–H and O–H groups in total. The Kier molecular flexibility index (Phi) is 4.69. The summed E-state index contributed by atoms with van der Waals surface area (Å²) in [5.41, 5.74) is 1.88. The van der Waals surface area contributed by atoms with Gasteiger partial charge in [0, 0.05) is 4.47 Å². The minimum atomic E-state index is -1.04. The predicted octanol–water partition coefficient (Wildman–Crippen LogP) is 1.89. The third-order valence-corrected chi connectivity index (χ3v) is 3.34. The number of carbonyl (C=O) groups excluding carboxylic acids is 1. The summed E-state index contributed by atoms with van der Waals surface area (Å²) in [6.07, 6.45) is 0.183. The highest BCUT2D eigenvalue weighted by Gasteiger charge is 2.14. The zero-order valence-corrected chi connectivity index (χ0v) is 11.2. The maximum atomic E-state index is 11.6. The molecule has 0 heterocycles. The lowest BCUT2D eigenvalue weighted by Crippen LogP contribution is -2.39. The smallest absolute Gasteiger partial charge is 0.325 e. The van der Waals surface area contributed by atoms with Crippen LogP contribution in [0.25, 0.3) is 0 Å². The molecule has 0 aliphatic carbocycles. The molecular formula is C12H14BrNO3. The van der Waals surface area contributed by atoms with Gasteiger partial charge in [0.1, 0.15) is 6.04 Å². The van der Waals surface area contributed by atoms with E-state index in [9.17, 15) is 9.59 Å². The first-order valence-electron chi connectivity index (χ1n) is 5.18. The molecule has 0 bridgehead atoms. The molecule has 92 valence electrons. The number of aliphatic carboxylic acids is 1. The van der Waals surface area contributed by atoms with Gasteiger partial charge in [0.25, 0.3) is 0 Å². The van der Waals surface area contributed by atoms with Gasteiger partial charge in [-0.2, -0.15) is 0 Å². The molecule has 0 aliphatic heterocycles. The molecule has 1 atom stereocenters. The number of carboxylic acid groups (broad SMARTS) is 1. The van der Waals surface area contributed by atoms with E-state index in [2.05, 4.69) is 21.2 Å². The number of amides is 1. The van der Waals surface area contributed by atoms with Crippen LogP contribution in [-0.2, 0) is 16.0 Å². The van der Waals surface area contributed by atoms with Crippen molar-refractivity contribution >= 4 is 27.8 Å². The summed E-state index contributed by atoms with van der Waals surface area (Å²) in [7, 11) is 0. The second kappa shape index (κ2) is 5.82. The molecule has 1 amide bonds. The predicted molar refractivity (Wildman–Crippen MR) is 67.8 cm³/mol. The first-order chi connectivity index (χ1) is 7.91. The largest absolute Gasteiger partial charge is 0.480 e. The Morgan fingerprint density at radius 3 is 2.71 bits per heavy atom. The first kappa shape index (κ1) is 13.7. The molecule has 0 fully saturated rings. The molecule has 0 saturated heterocycles. The van der Waals surface area contributed by atoms with Crippen LogP contribution in [-0.4, -0.2) is 23.0 Å². The van der Waals surface area contributed by atoms with Crippen LogP contribution < -0.4 is 5.32 Å². The van der Waals surface area contributed by atoms with Gasteiger partial charge in [-0.15, -0.1) is 0 Å². The Hall–Kier alpha value is -1.36. The second-order valence-corrected chi connectivity index (χ2v) is 4.68. The number of nitrogens with one attached hydrogen (secondary N) is 1. The van der Waals surface area contributed by atoms with Crippen LogP contribution in [0.15, 0.2) is 22.7 Å². The van der Waals surface area contributed by atoms with Crippen LogP contribution >= 0.6 is 15.9 Å². The fourth-order valence-electron chi connectivity index (χ4n) is 1.37. The zero-order valence-electron chi connectivity index (χ0n) is 9.66. The SMILES string of the molecule is Cc1c(Br)cccc1CC(=O)N[C@@H](C)C(=O)O. The number of hydrogen-bond donors (Lipinski definition) is 2. The van der Waals surface area contributed by atoms with E-state index in [4.69, 9.17) is 5.11 Å². The summed E-state index contributed by atoms with van der Waals surface area (Å²) in [5, 5.41) is 11.1. The molecule has 0 aromatic heterocycles. The van der Waals surface area contributed by atoms with Gasteiger partial charge in [0.05, 0.1) is 6.42 Å². The van der Waals surface area contributed by atoms with E-state index in [0.717, 1.165) is 15.6 Å². The van der Waals surface area contributed by atoms with Crippen LogP contribution in [0.1, 0.15) is 18.1 Å². The van der Waals surface area contributed by atoms with Crippen molar-refractivity contribution in [3.63, 3.8) is 0 Å². The van der Waals surface area contributed by atoms with Gasteiger partial charge in [-0.05, 0) is 31.0 Å². The van der Waals surface area contributed by atoms with Crippen molar-refractivity contribution in [3.05, 3.63) is 33.8 Å². The zero-order chi connectivity index (χ0) is 13.0. The first-order valence-corrected chi connectivity index (χ1v) is 5.97. The molecule has 4 nitrogen and oxygen atoms in total. The third-order valence-electron chi connectivity index (χ3n) is 2.48. The Labute approximate surface area is 108 Å². The molecule has 0 radical (unpaired) electrons. The molecule has 0 unspecified atom stereocenters. The van der Waals surface area contributed by atoms with Gasteiger partial charge >= 0.3 is 5.97 Å². The minimum absolute atomic E-state index is 0.183. The van der Waals surface area contributed by atoms with E-state index >= 15 is 0 Å². The van der Waals surface area contributed by atoms with Gasteiger partial charge in [-0.1, -0.05) is 28.1 Å². The van der Waals surface area contributed by atoms with E-state index < -0.39 is 12.0 Å². The van der Waals surface area contributed by atoms with Crippen LogP contribution in [0.4, 0.5) is 0 Å². The Morgan fingerprint density at radius 1 is 1.47 bits per heavy atom. The van der Waals surface area contributed by atoms with Gasteiger partial charge < -0.3 is 10.4 Å². The van der Waals surface area contributed by atoms with Gasteiger partial charge in [0.2, 0.25) is 5.91 Å². The number of carboxylic acids is 1. The van der Waals surface area contributed by atoms with Crippen molar-refractivity contribution in [2.45, 2.75) is 26.3 Å². The van der Waals surface area contributed by atoms with Crippen LogP contribution in [0.5, 0.6) is 0 Å². The fraction of sp³-hybridized carbons (Fsp3) is 0.333. The molecule has 0 spiro atoms. The fourth-order valence-corrected chi connectivity index (χ4v) is 1.78. The van der Waals surface area contributed by atoms with Crippen molar-refractivity contribution in [2.24, 2.45) is 0 Å². The highest BCUT2D eigenvalue weighted by atomic mass is 79.9. The third kappa shape index (κ3) is 3.85. The number of rotatable bonds is 4. The van der Waals surface area contributed by atoms with E-state index in [0.29, 0.717) is 0 Å². The highest BCUT2D eigenvalue weighted by Crippen LogP contribution is 2.19. The van der Waals surface area contributed by atoms with E-state index in [1.165, 1.54) is 6.92 Å². The number of halogens is 1. The van der Waals surface area contributed by atoms with Crippen molar-refractivity contribution in [2.75, 3.05) is 0 Å². The molecule has 1 aromatic carbocycles. The summed E-state index contributed by atoms with van der Waals surface area (Å²) in [5.74, 6) is -1.33. The van der Waals surface area contributed by atoms with Crippen molar-refractivity contribution in [1.82, 2.24) is 5.32 Å². The van der Waals surface area contributed by atoms with E-state index in [1.807, 2.05) is 25.1 Å². The number of benzene rings is 1. The highest BCUT2D eigenvalue weighted by molar-refractivity contribution is 9.10. The Bertz CT molecular complexity index is 445. The average Bonchev–Trinajstić information content (AvgIpc) is 2.24. The van der Waals surface area contributed by atoms with Gasteiger partial charge in [0.15, 0.2) is 0 Å². The summed E-state index contributed by atoms with van der Waals surface area (Å²) < 4.78 is 0.939. The Morgan fingerprint density at radius 2 is 2.12 bits per heavy atom. The normalized spacial score (nSPS) is 11.9. The Balaban J connectivity index is 2.69. The number of hydrogen-bond acceptors (Lipinski definition) is 2. The topological polar surface area (TPSA) is 66.4 Å². The maximum Gasteiger partial charge on any atom is 0.325 e. The van der Waals surface area contributed by atoms with E-state index in [-0.39, 0.29) is 12.3 Å². The van der Waals surface area contributed by atoms with Gasteiger partial charge in [-0.25, -0.2) is 0 Å². The van der Waals surface area contributed by atoms with Crippen molar-refractivity contribution in [1.29, 1.82) is 0 Å². The maximum absolute atomic E-state index is 11.6. The van der Waals surface area contributed by atoms with Gasteiger partial charge in [-0.3, -0.25) is 9.59 Å². The monoisotopic (exact) mass is 299 g/mol. The van der Waals surface area contributed by atoms with Crippen molar-refractivity contribution in [3.8, 4) is 0 Å². The standard InChI is InChI=1S/C12H14BrNO3/c1-7-9(4-3-5-10(7)13)6-11(15)14-8(2)12(16)17/h3-5,8H,6H2,1-2H3,(H,14,15)(H,16,17)/t8-/m0/s1. The molecule has 0 saturated carbocycles. The van der Waals surface area contributed by atoms with Crippen LogP contribution in [0, 0.1) is 6.92 Å². The lowest BCUT2D eigenvalue weighted by Gasteiger charge is -2.11. The second-order valence-electron chi connectivity index (χ2n) is 3.83. The summed E-state index contributed by atoms with van der Waals surface area (Å²) >= 11 is 3.38. The molecular weight excluding hydrogens is 286 g/mol. The molecule has 1 rings (SSSR count). The molecule has 0 aliphatic rings. The lowest BCUT2D eigenvalue weighted by atomic mass is 10.1.